The summed E-state index contributed by atoms with van der Waals surface area (Å²) >= 11 is 13.2. The third-order valence-corrected chi connectivity index (χ3v) is 6.56. The van der Waals surface area contributed by atoms with Gasteiger partial charge in [0.1, 0.15) is 16.1 Å². The summed E-state index contributed by atoms with van der Waals surface area (Å²) in [6.45, 7) is -0.272. The molecule has 0 spiro atoms. The molecular formula is C24H21Cl2N3O7S. The summed E-state index contributed by atoms with van der Waals surface area (Å²) in [7, 11) is 1.35. The zero-order valence-electron chi connectivity index (χ0n) is 19.2. The Labute approximate surface area is 225 Å². The largest absolute Gasteiger partial charge is 0.508 e. The van der Waals surface area contributed by atoms with Crippen molar-refractivity contribution in [3.8, 4) is 11.5 Å². The number of carboxylic acids is 1. The Hall–Kier alpha value is -3.80. The Kier molecular flexibility index (Phi) is 9.34. The van der Waals surface area contributed by atoms with Crippen LogP contribution >= 0.6 is 34.5 Å². The number of halogens is 2. The second-order valence-electron chi connectivity index (χ2n) is 7.58. The van der Waals surface area contributed by atoms with Crippen molar-refractivity contribution in [2.75, 3.05) is 13.7 Å². The average Bonchev–Trinajstić information content (AvgIpc) is 3.24. The van der Waals surface area contributed by atoms with Crippen molar-refractivity contribution in [3.63, 3.8) is 0 Å². The second kappa shape index (κ2) is 12.4. The quantitative estimate of drug-likeness (QED) is 0.252. The molecule has 0 radical (unpaired) electrons. The highest BCUT2D eigenvalue weighted by atomic mass is 35.5. The minimum atomic E-state index is -1.47. The van der Waals surface area contributed by atoms with Crippen molar-refractivity contribution in [3.05, 3.63) is 79.5 Å². The SMILES string of the molecule is COc1c(C(=O)NC[C@H](NC(=O)c2ccc(C(=O)NCc3cccc(O)c3)cc2Cl)C(=O)O)csc1Cl. The maximum atomic E-state index is 12.7. The lowest BCUT2D eigenvalue weighted by molar-refractivity contribution is -0.139. The number of rotatable bonds is 10. The Morgan fingerprint density at radius 2 is 1.76 bits per heavy atom. The Morgan fingerprint density at radius 1 is 1.00 bits per heavy atom. The third-order valence-electron chi connectivity index (χ3n) is 5.06. The molecule has 1 atom stereocenters. The zero-order valence-corrected chi connectivity index (χ0v) is 21.5. The molecule has 0 fully saturated rings. The Balaban J connectivity index is 1.62. The van der Waals surface area contributed by atoms with Gasteiger partial charge in [-0.25, -0.2) is 4.79 Å². The highest BCUT2D eigenvalue weighted by Gasteiger charge is 2.25. The number of hydrogen-bond donors (Lipinski definition) is 5. The van der Waals surface area contributed by atoms with E-state index in [4.69, 9.17) is 27.9 Å². The second-order valence-corrected chi connectivity index (χ2v) is 9.47. The highest BCUT2D eigenvalue weighted by Crippen LogP contribution is 2.34. The first-order valence-electron chi connectivity index (χ1n) is 10.6. The first-order chi connectivity index (χ1) is 17.6. The lowest BCUT2D eigenvalue weighted by atomic mass is 10.1. The smallest absolute Gasteiger partial charge is 0.328 e. The standard InChI is InChI=1S/C24H21Cl2N3O7S/c1-36-19-16(11-37-20(19)26)22(32)28-10-18(24(34)35)29-23(33)15-6-5-13(8-17(15)25)21(31)27-9-12-3-2-4-14(30)7-12/h2-8,11,18,30H,9-10H2,1H3,(H,27,31)(H,28,32)(H,29,33)(H,34,35)/t18-/m0/s1. The fourth-order valence-electron chi connectivity index (χ4n) is 3.19. The van der Waals surface area contributed by atoms with Gasteiger partial charge in [-0.2, -0.15) is 0 Å². The molecule has 0 bridgehead atoms. The molecule has 1 heterocycles. The minimum Gasteiger partial charge on any atom is -0.508 e. The van der Waals surface area contributed by atoms with E-state index in [0.29, 0.717) is 5.56 Å². The molecule has 37 heavy (non-hydrogen) atoms. The van der Waals surface area contributed by atoms with E-state index < -0.39 is 36.3 Å². The number of nitrogens with one attached hydrogen (secondary N) is 3. The molecule has 1 aromatic heterocycles. The van der Waals surface area contributed by atoms with Gasteiger partial charge in [0.15, 0.2) is 5.75 Å². The number of hydrogen-bond acceptors (Lipinski definition) is 7. The van der Waals surface area contributed by atoms with Gasteiger partial charge in [0, 0.05) is 24.0 Å². The fraction of sp³-hybridized carbons (Fsp3) is 0.167. The van der Waals surface area contributed by atoms with Gasteiger partial charge in [-0.05, 0) is 35.9 Å². The number of carbonyl (C=O) groups excluding carboxylic acids is 3. The number of thiophene rings is 1. The van der Waals surface area contributed by atoms with Gasteiger partial charge >= 0.3 is 5.97 Å². The summed E-state index contributed by atoms with van der Waals surface area (Å²) in [5.41, 5.74) is 0.930. The molecule has 3 aromatic rings. The molecule has 0 saturated carbocycles. The highest BCUT2D eigenvalue weighted by molar-refractivity contribution is 7.15. The molecule has 10 nitrogen and oxygen atoms in total. The number of aromatic hydroxyl groups is 1. The Morgan fingerprint density at radius 3 is 2.41 bits per heavy atom. The van der Waals surface area contributed by atoms with Crippen LogP contribution in [0.2, 0.25) is 9.36 Å². The van der Waals surface area contributed by atoms with Crippen LogP contribution in [0.3, 0.4) is 0 Å². The molecule has 0 saturated heterocycles. The lowest BCUT2D eigenvalue weighted by Gasteiger charge is -2.16. The normalized spacial score (nSPS) is 11.3. The van der Waals surface area contributed by atoms with Crippen LogP contribution in [-0.4, -0.2) is 53.6 Å². The summed E-state index contributed by atoms with van der Waals surface area (Å²) in [6.07, 6.45) is 0. The van der Waals surface area contributed by atoms with Crippen LogP contribution in [0.4, 0.5) is 0 Å². The molecule has 2 aromatic carbocycles. The monoisotopic (exact) mass is 565 g/mol. The number of aliphatic carboxylic acids is 1. The number of benzene rings is 2. The maximum Gasteiger partial charge on any atom is 0.328 e. The molecule has 5 N–H and O–H groups in total. The van der Waals surface area contributed by atoms with Crippen molar-refractivity contribution < 1.29 is 34.1 Å². The third kappa shape index (κ3) is 7.13. The van der Waals surface area contributed by atoms with Crippen molar-refractivity contribution in [1.29, 1.82) is 0 Å². The average molecular weight is 566 g/mol. The molecule has 13 heteroatoms. The fourth-order valence-corrected chi connectivity index (χ4v) is 4.50. The van der Waals surface area contributed by atoms with E-state index in [-0.39, 0.29) is 44.1 Å². The number of amides is 3. The van der Waals surface area contributed by atoms with Crippen LogP contribution in [0.1, 0.15) is 36.6 Å². The van der Waals surface area contributed by atoms with Crippen LogP contribution in [0, 0.1) is 0 Å². The minimum absolute atomic E-state index is 0.0601. The molecule has 0 aliphatic rings. The lowest BCUT2D eigenvalue weighted by Crippen LogP contribution is -2.48. The molecule has 0 aliphatic heterocycles. The van der Waals surface area contributed by atoms with Gasteiger partial charge in [-0.3, -0.25) is 14.4 Å². The van der Waals surface area contributed by atoms with Crippen LogP contribution in [0.15, 0.2) is 47.8 Å². The van der Waals surface area contributed by atoms with Crippen LogP contribution < -0.4 is 20.7 Å². The van der Waals surface area contributed by atoms with Gasteiger partial charge < -0.3 is 30.9 Å². The van der Waals surface area contributed by atoms with E-state index >= 15 is 0 Å². The molecule has 0 aliphatic carbocycles. The summed E-state index contributed by atoms with van der Waals surface area (Å²) in [4.78, 5) is 49.2. The number of phenolic OH excluding ortho intramolecular Hbond substituents is 1. The first kappa shape index (κ1) is 27.8. The van der Waals surface area contributed by atoms with E-state index in [1.807, 2.05) is 0 Å². The first-order valence-corrected chi connectivity index (χ1v) is 12.2. The summed E-state index contributed by atoms with van der Waals surface area (Å²) < 4.78 is 5.34. The van der Waals surface area contributed by atoms with Gasteiger partial charge in [0.2, 0.25) is 0 Å². The summed E-state index contributed by atoms with van der Waals surface area (Å²) in [6, 6.07) is 8.84. The Bertz CT molecular complexity index is 1350. The van der Waals surface area contributed by atoms with E-state index in [1.165, 1.54) is 42.8 Å². The van der Waals surface area contributed by atoms with E-state index in [0.717, 1.165) is 11.3 Å². The number of carbonyl (C=O) groups is 4. The molecular weight excluding hydrogens is 545 g/mol. The zero-order chi connectivity index (χ0) is 27.1. The topological polar surface area (TPSA) is 154 Å². The van der Waals surface area contributed by atoms with E-state index in [2.05, 4.69) is 16.0 Å². The summed E-state index contributed by atoms with van der Waals surface area (Å²) in [5, 5.41) is 27.8. The maximum absolute atomic E-state index is 12.7. The predicted octanol–water partition coefficient (Wildman–Crippen LogP) is 3.31. The van der Waals surface area contributed by atoms with Gasteiger partial charge in [0.05, 0.1) is 23.3 Å². The van der Waals surface area contributed by atoms with Crippen molar-refractivity contribution in [1.82, 2.24) is 16.0 Å². The van der Waals surface area contributed by atoms with Gasteiger partial charge in [0.25, 0.3) is 17.7 Å². The van der Waals surface area contributed by atoms with Gasteiger partial charge in [-0.1, -0.05) is 35.3 Å². The number of phenols is 1. The van der Waals surface area contributed by atoms with E-state index in [1.54, 1.807) is 12.1 Å². The molecule has 3 rings (SSSR count). The number of ether oxygens (including phenoxy) is 1. The summed E-state index contributed by atoms with van der Waals surface area (Å²) in [5.74, 6) is -3.05. The van der Waals surface area contributed by atoms with E-state index in [9.17, 15) is 29.4 Å². The van der Waals surface area contributed by atoms with Crippen LogP contribution in [0.5, 0.6) is 11.5 Å². The molecule has 0 unspecified atom stereocenters. The molecule has 3 amide bonds. The van der Waals surface area contributed by atoms with Crippen molar-refractivity contribution >= 4 is 58.2 Å². The van der Waals surface area contributed by atoms with Crippen LogP contribution in [0.25, 0.3) is 0 Å². The van der Waals surface area contributed by atoms with Crippen LogP contribution in [-0.2, 0) is 11.3 Å². The number of carboxylic acid groups (broad SMARTS) is 1. The molecule has 194 valence electrons. The van der Waals surface area contributed by atoms with Gasteiger partial charge in [-0.15, -0.1) is 11.3 Å². The predicted molar refractivity (Wildman–Crippen MR) is 138 cm³/mol. The number of methoxy groups -OCH3 is 1. The van der Waals surface area contributed by atoms with Crippen molar-refractivity contribution in [2.24, 2.45) is 0 Å². The van der Waals surface area contributed by atoms with Crippen molar-refractivity contribution in [2.45, 2.75) is 12.6 Å².